The van der Waals surface area contributed by atoms with Gasteiger partial charge in [-0.1, -0.05) is 0 Å². The second-order valence-corrected chi connectivity index (χ2v) is 4.65. The maximum absolute atomic E-state index is 4.25. The Kier molecular flexibility index (Phi) is 4.89. The fraction of sp³-hybridized carbons (Fsp3) is 0.818. The fourth-order valence-electron chi connectivity index (χ4n) is 1.44. The van der Waals surface area contributed by atoms with Crippen LogP contribution >= 0.6 is 0 Å². The fourth-order valence-corrected chi connectivity index (χ4v) is 1.44. The number of rotatable bonds is 6. The molecule has 0 spiro atoms. The second-order valence-electron chi connectivity index (χ2n) is 4.65. The second kappa shape index (κ2) is 5.96. The predicted octanol–water partition coefficient (Wildman–Crippen LogP) is 0.931. The van der Waals surface area contributed by atoms with E-state index in [4.69, 9.17) is 0 Å². The van der Waals surface area contributed by atoms with Crippen molar-refractivity contribution in [2.24, 2.45) is 0 Å². The summed E-state index contributed by atoms with van der Waals surface area (Å²) in [5.74, 6) is 1.69. The lowest BCUT2D eigenvalue weighted by atomic mass is 10.2. The van der Waals surface area contributed by atoms with Crippen molar-refractivity contribution in [3.63, 3.8) is 0 Å². The van der Waals surface area contributed by atoms with E-state index < -0.39 is 0 Å². The minimum absolute atomic E-state index is 0.436. The van der Waals surface area contributed by atoms with Gasteiger partial charge in [-0.25, -0.2) is 4.98 Å². The molecule has 5 nitrogen and oxygen atoms in total. The first-order valence-corrected chi connectivity index (χ1v) is 5.80. The Hall–Kier alpha value is -0.940. The average molecular weight is 225 g/mol. The standard InChI is InChI=1S/C11H23N5/c1-8(2)16(5)7-9(3)12-6-11-13-10(4)14-15-11/h8-9,12H,6-7H2,1-5H3,(H,13,14,15). The molecule has 0 fully saturated rings. The van der Waals surface area contributed by atoms with E-state index in [0.717, 1.165) is 24.7 Å². The van der Waals surface area contributed by atoms with Crippen molar-refractivity contribution < 1.29 is 0 Å². The van der Waals surface area contributed by atoms with Crippen LogP contribution in [0.5, 0.6) is 0 Å². The SMILES string of the molecule is Cc1nc(CNC(C)CN(C)C(C)C)n[nH]1. The Morgan fingerprint density at radius 2 is 2.06 bits per heavy atom. The zero-order valence-corrected chi connectivity index (χ0v) is 10.9. The van der Waals surface area contributed by atoms with Crippen molar-refractivity contribution in [2.45, 2.75) is 46.3 Å². The predicted molar refractivity (Wildman–Crippen MR) is 65.2 cm³/mol. The number of hydrogen-bond acceptors (Lipinski definition) is 4. The number of aryl methyl sites for hydroxylation is 1. The Bertz CT molecular complexity index is 307. The summed E-state index contributed by atoms with van der Waals surface area (Å²) in [5, 5.41) is 10.3. The van der Waals surface area contributed by atoms with Crippen molar-refractivity contribution >= 4 is 0 Å². The molecule has 1 aromatic heterocycles. The summed E-state index contributed by atoms with van der Waals surface area (Å²) in [7, 11) is 2.14. The molecule has 1 rings (SSSR count). The van der Waals surface area contributed by atoms with Gasteiger partial charge in [-0.2, -0.15) is 5.10 Å². The first-order chi connectivity index (χ1) is 7.49. The maximum Gasteiger partial charge on any atom is 0.164 e. The highest BCUT2D eigenvalue weighted by Crippen LogP contribution is 1.97. The molecule has 0 radical (unpaired) electrons. The number of H-pyrrole nitrogens is 1. The van der Waals surface area contributed by atoms with E-state index in [1.165, 1.54) is 0 Å². The van der Waals surface area contributed by atoms with Crippen LogP contribution in [0.3, 0.4) is 0 Å². The van der Waals surface area contributed by atoms with E-state index in [2.05, 4.69) is 53.2 Å². The van der Waals surface area contributed by atoms with Crippen LogP contribution in [0.4, 0.5) is 0 Å². The molecular formula is C11H23N5. The summed E-state index contributed by atoms with van der Waals surface area (Å²) >= 11 is 0. The average Bonchev–Trinajstić information content (AvgIpc) is 2.61. The van der Waals surface area contributed by atoms with Crippen LogP contribution in [0.1, 0.15) is 32.4 Å². The van der Waals surface area contributed by atoms with Gasteiger partial charge in [0.15, 0.2) is 5.82 Å². The highest BCUT2D eigenvalue weighted by atomic mass is 15.2. The van der Waals surface area contributed by atoms with E-state index in [-0.39, 0.29) is 0 Å². The summed E-state index contributed by atoms with van der Waals surface area (Å²) < 4.78 is 0. The highest BCUT2D eigenvalue weighted by molar-refractivity contribution is 4.87. The van der Waals surface area contributed by atoms with Gasteiger partial charge >= 0.3 is 0 Å². The molecule has 0 aromatic carbocycles. The lowest BCUT2D eigenvalue weighted by molar-refractivity contribution is 0.246. The van der Waals surface area contributed by atoms with Crippen LogP contribution in [-0.2, 0) is 6.54 Å². The number of aromatic amines is 1. The third-order valence-electron chi connectivity index (χ3n) is 2.70. The largest absolute Gasteiger partial charge is 0.306 e. The van der Waals surface area contributed by atoms with Gasteiger partial charge in [-0.05, 0) is 34.7 Å². The lowest BCUT2D eigenvalue weighted by Gasteiger charge is -2.25. The number of aromatic nitrogens is 3. The van der Waals surface area contributed by atoms with Crippen LogP contribution in [-0.4, -0.2) is 45.8 Å². The molecule has 0 amide bonds. The molecule has 0 bridgehead atoms. The molecule has 1 unspecified atom stereocenters. The number of hydrogen-bond donors (Lipinski definition) is 2. The summed E-state index contributed by atoms with van der Waals surface area (Å²) in [6, 6.07) is 1.02. The van der Waals surface area contributed by atoms with Crippen molar-refractivity contribution in [1.82, 2.24) is 25.4 Å². The van der Waals surface area contributed by atoms with Gasteiger partial charge in [0.25, 0.3) is 0 Å². The molecule has 0 saturated carbocycles. The van der Waals surface area contributed by atoms with Crippen LogP contribution in [0.25, 0.3) is 0 Å². The monoisotopic (exact) mass is 225 g/mol. The van der Waals surface area contributed by atoms with Gasteiger partial charge in [0.2, 0.25) is 0 Å². The Labute approximate surface area is 97.6 Å². The molecular weight excluding hydrogens is 202 g/mol. The van der Waals surface area contributed by atoms with Crippen molar-refractivity contribution in [3.8, 4) is 0 Å². The van der Waals surface area contributed by atoms with E-state index in [1.807, 2.05) is 6.92 Å². The summed E-state index contributed by atoms with van der Waals surface area (Å²) in [5.41, 5.74) is 0. The Balaban J connectivity index is 2.27. The minimum atomic E-state index is 0.436. The maximum atomic E-state index is 4.25. The van der Waals surface area contributed by atoms with Gasteiger partial charge in [0, 0.05) is 18.6 Å². The first kappa shape index (κ1) is 13.1. The number of nitrogens with zero attached hydrogens (tertiary/aromatic N) is 3. The van der Waals surface area contributed by atoms with Gasteiger partial charge in [0.05, 0.1) is 6.54 Å². The molecule has 1 aromatic rings. The lowest BCUT2D eigenvalue weighted by Crippen LogP contribution is -2.40. The zero-order valence-electron chi connectivity index (χ0n) is 10.9. The number of nitrogens with one attached hydrogen (secondary N) is 2. The Morgan fingerprint density at radius 1 is 1.38 bits per heavy atom. The molecule has 0 aliphatic heterocycles. The van der Waals surface area contributed by atoms with Crippen LogP contribution in [0, 0.1) is 6.92 Å². The first-order valence-electron chi connectivity index (χ1n) is 5.80. The van der Waals surface area contributed by atoms with E-state index in [1.54, 1.807) is 0 Å². The third-order valence-corrected chi connectivity index (χ3v) is 2.70. The van der Waals surface area contributed by atoms with Crippen molar-refractivity contribution in [2.75, 3.05) is 13.6 Å². The minimum Gasteiger partial charge on any atom is -0.306 e. The van der Waals surface area contributed by atoms with Crippen molar-refractivity contribution in [3.05, 3.63) is 11.6 Å². The summed E-state index contributed by atoms with van der Waals surface area (Å²) in [6.07, 6.45) is 0. The molecule has 92 valence electrons. The number of likely N-dealkylation sites (N-methyl/N-ethyl adjacent to an activating group) is 1. The quantitative estimate of drug-likeness (QED) is 0.756. The molecule has 16 heavy (non-hydrogen) atoms. The molecule has 1 atom stereocenters. The topological polar surface area (TPSA) is 56.8 Å². The van der Waals surface area contributed by atoms with Crippen LogP contribution in [0.2, 0.25) is 0 Å². The van der Waals surface area contributed by atoms with Crippen LogP contribution in [0.15, 0.2) is 0 Å². The molecule has 5 heteroatoms. The van der Waals surface area contributed by atoms with Gasteiger partial charge in [-0.3, -0.25) is 5.10 Å². The van der Waals surface area contributed by atoms with Gasteiger partial charge < -0.3 is 10.2 Å². The molecule has 0 aliphatic rings. The van der Waals surface area contributed by atoms with Gasteiger partial charge in [-0.15, -0.1) is 0 Å². The van der Waals surface area contributed by atoms with Crippen LogP contribution < -0.4 is 5.32 Å². The normalized spacial score (nSPS) is 13.7. The Morgan fingerprint density at radius 3 is 2.56 bits per heavy atom. The molecule has 2 N–H and O–H groups in total. The van der Waals surface area contributed by atoms with E-state index >= 15 is 0 Å². The smallest absolute Gasteiger partial charge is 0.164 e. The highest BCUT2D eigenvalue weighted by Gasteiger charge is 2.09. The summed E-state index contributed by atoms with van der Waals surface area (Å²) in [4.78, 5) is 6.57. The van der Waals surface area contributed by atoms with E-state index in [9.17, 15) is 0 Å². The molecule has 0 aliphatic carbocycles. The van der Waals surface area contributed by atoms with Gasteiger partial charge in [0.1, 0.15) is 5.82 Å². The summed E-state index contributed by atoms with van der Waals surface area (Å²) in [6.45, 7) is 10.2. The molecule has 0 saturated heterocycles. The zero-order chi connectivity index (χ0) is 12.1. The molecule has 1 heterocycles. The third kappa shape index (κ3) is 4.28. The van der Waals surface area contributed by atoms with Crippen molar-refractivity contribution in [1.29, 1.82) is 0 Å². The van der Waals surface area contributed by atoms with E-state index in [0.29, 0.717) is 12.1 Å².